The highest BCUT2D eigenvalue weighted by atomic mass is 32.2. The number of hydrogen-bond donors (Lipinski definition) is 0. The number of aliphatic imine (C=N–C) groups is 1. The van der Waals surface area contributed by atoms with Gasteiger partial charge in [-0.2, -0.15) is 4.99 Å². The minimum Gasteiger partial charge on any atom is -0.496 e. The third-order valence-electron chi connectivity index (χ3n) is 3.47. The van der Waals surface area contributed by atoms with E-state index in [-0.39, 0.29) is 5.54 Å². The molecule has 1 aliphatic carbocycles. The van der Waals surface area contributed by atoms with Gasteiger partial charge in [0.05, 0.1) is 7.11 Å². The van der Waals surface area contributed by atoms with Gasteiger partial charge in [-0.3, -0.25) is 0 Å². The molecule has 0 amide bonds. The first-order valence-corrected chi connectivity index (χ1v) is 7.27. The van der Waals surface area contributed by atoms with Gasteiger partial charge in [-0.25, -0.2) is 4.79 Å². The van der Waals surface area contributed by atoms with Crippen molar-refractivity contribution in [1.82, 2.24) is 0 Å². The zero-order valence-corrected chi connectivity index (χ0v) is 11.8. The van der Waals surface area contributed by atoms with Crippen LogP contribution in [0.15, 0.2) is 22.0 Å². The molecule has 2 rings (SSSR count). The molecule has 0 radical (unpaired) electrons. The molecule has 0 atom stereocenters. The second kappa shape index (κ2) is 5.17. The number of carbonyl (C=O) groups excluding carboxylic acids is 1. The Bertz CT molecular complexity index is 503. The van der Waals surface area contributed by atoms with E-state index in [1.165, 1.54) is 10.5 Å². The number of ether oxygens (including phenoxy) is 1. The van der Waals surface area contributed by atoms with Crippen molar-refractivity contribution < 1.29 is 9.53 Å². The molecule has 1 aliphatic rings. The molecule has 0 heterocycles. The maximum absolute atomic E-state index is 10.6. The fourth-order valence-electron chi connectivity index (χ4n) is 2.25. The van der Waals surface area contributed by atoms with Crippen LogP contribution in [0, 0.1) is 0 Å². The smallest absolute Gasteiger partial charge is 0.235 e. The monoisotopic (exact) mass is 263 g/mol. The first-order chi connectivity index (χ1) is 8.70. The molecule has 0 aliphatic heterocycles. The summed E-state index contributed by atoms with van der Waals surface area (Å²) in [6.07, 6.45) is 6.53. The van der Waals surface area contributed by atoms with Crippen molar-refractivity contribution in [2.45, 2.75) is 36.6 Å². The predicted molar refractivity (Wildman–Crippen MR) is 73.2 cm³/mol. The average Bonchev–Trinajstić information content (AvgIpc) is 3.18. The number of isocyanates is 1. The second-order valence-electron chi connectivity index (χ2n) is 4.45. The Kier molecular flexibility index (Phi) is 3.79. The number of nitrogens with zero attached hydrogens (tertiary/aromatic N) is 1. The van der Waals surface area contributed by atoms with E-state index in [4.69, 9.17) is 4.74 Å². The van der Waals surface area contributed by atoms with Crippen LogP contribution in [-0.4, -0.2) is 19.4 Å². The first-order valence-electron chi connectivity index (χ1n) is 6.05. The average molecular weight is 263 g/mol. The zero-order chi connectivity index (χ0) is 13.2. The summed E-state index contributed by atoms with van der Waals surface area (Å²) in [6.45, 7) is 2.13. The van der Waals surface area contributed by atoms with Crippen LogP contribution in [0.2, 0.25) is 0 Å². The van der Waals surface area contributed by atoms with Gasteiger partial charge in [0, 0.05) is 10.5 Å². The largest absolute Gasteiger partial charge is 0.496 e. The Morgan fingerprint density at radius 1 is 1.50 bits per heavy atom. The lowest BCUT2D eigenvalue weighted by Crippen LogP contribution is -2.06. The zero-order valence-electron chi connectivity index (χ0n) is 10.9. The highest BCUT2D eigenvalue weighted by Gasteiger charge is 2.47. The molecule has 1 aromatic rings. The van der Waals surface area contributed by atoms with Crippen LogP contribution in [0.4, 0.5) is 0 Å². The van der Waals surface area contributed by atoms with Gasteiger partial charge in [0.25, 0.3) is 0 Å². The third-order valence-corrected chi connectivity index (χ3v) is 4.29. The van der Waals surface area contributed by atoms with Crippen molar-refractivity contribution in [3.63, 3.8) is 0 Å². The Hall–Kier alpha value is -1.25. The van der Waals surface area contributed by atoms with Crippen molar-refractivity contribution >= 4 is 17.8 Å². The lowest BCUT2D eigenvalue weighted by atomic mass is 10.0. The summed E-state index contributed by atoms with van der Waals surface area (Å²) < 4.78 is 5.46. The predicted octanol–water partition coefficient (Wildman–Crippen LogP) is 3.30. The molecular weight excluding hydrogens is 246 g/mol. The van der Waals surface area contributed by atoms with Crippen LogP contribution in [0.3, 0.4) is 0 Å². The van der Waals surface area contributed by atoms with E-state index in [1.807, 2.05) is 0 Å². The Morgan fingerprint density at radius 3 is 2.67 bits per heavy atom. The van der Waals surface area contributed by atoms with Gasteiger partial charge in [-0.1, -0.05) is 6.92 Å². The molecule has 0 bridgehead atoms. The standard InChI is InChI=1S/C14H17NO2S/c1-4-10-7-12(17-2)11(8-13(10)18-3)14(5-6-14)15-9-16/h7-8H,4-6H2,1-3H3. The number of methoxy groups -OCH3 is 1. The SMILES string of the molecule is CCc1cc(OC)c(C2(N=C=O)CC2)cc1SC. The summed E-state index contributed by atoms with van der Waals surface area (Å²) in [6, 6.07) is 4.19. The molecule has 0 aromatic heterocycles. The molecule has 3 nitrogen and oxygen atoms in total. The number of aryl methyl sites for hydroxylation is 1. The highest BCUT2D eigenvalue weighted by Crippen LogP contribution is 2.53. The summed E-state index contributed by atoms with van der Waals surface area (Å²) in [5, 5.41) is 0. The van der Waals surface area contributed by atoms with Gasteiger partial charge in [-0.05, 0) is 43.2 Å². The molecule has 1 aromatic carbocycles. The van der Waals surface area contributed by atoms with Crippen LogP contribution in [-0.2, 0) is 16.8 Å². The van der Waals surface area contributed by atoms with E-state index in [2.05, 4.69) is 30.3 Å². The summed E-state index contributed by atoms with van der Waals surface area (Å²) in [5.41, 5.74) is 1.92. The van der Waals surface area contributed by atoms with E-state index >= 15 is 0 Å². The normalized spacial score (nSPS) is 15.9. The topological polar surface area (TPSA) is 38.7 Å². The maximum Gasteiger partial charge on any atom is 0.235 e. The van der Waals surface area contributed by atoms with Gasteiger partial charge in [-0.15, -0.1) is 11.8 Å². The van der Waals surface area contributed by atoms with Crippen molar-refractivity contribution in [3.05, 3.63) is 23.3 Å². The molecule has 0 unspecified atom stereocenters. The maximum atomic E-state index is 10.6. The van der Waals surface area contributed by atoms with Crippen LogP contribution < -0.4 is 4.74 Å². The number of thioether (sulfide) groups is 1. The van der Waals surface area contributed by atoms with Crippen molar-refractivity contribution in [1.29, 1.82) is 0 Å². The summed E-state index contributed by atoms with van der Waals surface area (Å²) >= 11 is 1.72. The molecular formula is C14H17NO2S. The van der Waals surface area contributed by atoms with E-state index in [0.717, 1.165) is 30.6 Å². The molecule has 4 heteroatoms. The lowest BCUT2D eigenvalue weighted by Gasteiger charge is -2.17. The van der Waals surface area contributed by atoms with Crippen LogP contribution in [0.1, 0.15) is 30.9 Å². The summed E-state index contributed by atoms with van der Waals surface area (Å²) in [5.74, 6) is 0.834. The number of rotatable bonds is 5. The van der Waals surface area contributed by atoms with Crippen molar-refractivity contribution in [2.75, 3.05) is 13.4 Å². The van der Waals surface area contributed by atoms with E-state index < -0.39 is 0 Å². The van der Waals surface area contributed by atoms with Crippen LogP contribution in [0.25, 0.3) is 0 Å². The molecule has 1 fully saturated rings. The van der Waals surface area contributed by atoms with E-state index in [0.29, 0.717) is 0 Å². The number of benzene rings is 1. The van der Waals surface area contributed by atoms with Crippen LogP contribution in [0.5, 0.6) is 5.75 Å². The molecule has 0 N–H and O–H groups in total. The quantitative estimate of drug-likeness (QED) is 0.465. The second-order valence-corrected chi connectivity index (χ2v) is 5.30. The molecule has 96 valence electrons. The summed E-state index contributed by atoms with van der Waals surface area (Å²) in [7, 11) is 1.66. The van der Waals surface area contributed by atoms with E-state index in [9.17, 15) is 4.79 Å². The van der Waals surface area contributed by atoms with Gasteiger partial charge < -0.3 is 4.74 Å². The fraction of sp³-hybridized carbons (Fsp3) is 0.500. The lowest BCUT2D eigenvalue weighted by molar-refractivity contribution is 0.403. The Morgan fingerprint density at radius 2 is 2.22 bits per heavy atom. The van der Waals surface area contributed by atoms with Crippen molar-refractivity contribution in [3.8, 4) is 5.75 Å². The van der Waals surface area contributed by atoms with E-state index in [1.54, 1.807) is 25.0 Å². The van der Waals surface area contributed by atoms with Gasteiger partial charge >= 0.3 is 0 Å². The van der Waals surface area contributed by atoms with Gasteiger partial charge in [0.15, 0.2) is 0 Å². The minimum atomic E-state index is -0.371. The summed E-state index contributed by atoms with van der Waals surface area (Å²) in [4.78, 5) is 15.8. The first kappa shape index (κ1) is 13.2. The Labute approximate surface area is 112 Å². The highest BCUT2D eigenvalue weighted by molar-refractivity contribution is 7.98. The Balaban J connectivity index is 2.56. The molecule has 0 spiro atoms. The van der Waals surface area contributed by atoms with Gasteiger partial charge in [0.1, 0.15) is 11.3 Å². The number of hydrogen-bond acceptors (Lipinski definition) is 4. The third kappa shape index (κ3) is 2.18. The minimum absolute atomic E-state index is 0.371. The molecule has 18 heavy (non-hydrogen) atoms. The molecule has 0 saturated heterocycles. The van der Waals surface area contributed by atoms with Gasteiger partial charge in [0.2, 0.25) is 6.08 Å². The van der Waals surface area contributed by atoms with Crippen LogP contribution >= 0.6 is 11.8 Å². The molecule has 1 saturated carbocycles. The van der Waals surface area contributed by atoms with Crippen molar-refractivity contribution in [2.24, 2.45) is 4.99 Å². The fourth-order valence-corrected chi connectivity index (χ4v) is 2.95.